The van der Waals surface area contributed by atoms with Gasteiger partial charge in [0.05, 0.1) is 24.5 Å². The van der Waals surface area contributed by atoms with E-state index in [4.69, 9.17) is 22.0 Å². The van der Waals surface area contributed by atoms with E-state index in [0.29, 0.717) is 17.0 Å². The number of nitrogens with one attached hydrogen (secondary N) is 1. The quantitative estimate of drug-likeness (QED) is 0.798. The number of nitrogens with zero attached hydrogens (tertiary/aromatic N) is 1. The standard InChI is InChI=1S/C19H17ClN2O3/c20-16-3-1-2-15(8-16)10-18(23)22-17(11-19(24)25)9-13-4-6-14(12-21)7-5-13/h1-8,17H,9-11H2,(H,22,23)(H,24,25)/t17-/m1/s1. The van der Waals surface area contributed by atoms with Gasteiger partial charge in [-0.25, -0.2) is 0 Å². The number of nitriles is 1. The first kappa shape index (κ1) is 18.5. The highest BCUT2D eigenvalue weighted by Gasteiger charge is 2.17. The Balaban J connectivity index is 2.02. The van der Waals surface area contributed by atoms with Gasteiger partial charge in [0.1, 0.15) is 0 Å². The number of carboxylic acids is 1. The van der Waals surface area contributed by atoms with Crippen LogP contribution in [0, 0.1) is 11.3 Å². The molecule has 0 spiro atoms. The van der Waals surface area contributed by atoms with Crippen LogP contribution in [0.4, 0.5) is 0 Å². The van der Waals surface area contributed by atoms with E-state index in [9.17, 15) is 9.59 Å². The summed E-state index contributed by atoms with van der Waals surface area (Å²) in [6.45, 7) is 0. The molecule has 2 N–H and O–H groups in total. The number of rotatable bonds is 7. The van der Waals surface area contributed by atoms with E-state index >= 15 is 0 Å². The molecule has 25 heavy (non-hydrogen) atoms. The van der Waals surface area contributed by atoms with E-state index in [-0.39, 0.29) is 18.7 Å². The predicted molar refractivity (Wildman–Crippen MR) is 94.2 cm³/mol. The number of benzene rings is 2. The Morgan fingerprint density at radius 3 is 2.48 bits per heavy atom. The second kappa shape index (κ2) is 8.86. The number of amides is 1. The molecule has 6 heteroatoms. The minimum Gasteiger partial charge on any atom is -0.481 e. The zero-order valence-electron chi connectivity index (χ0n) is 13.4. The number of halogens is 1. The summed E-state index contributed by atoms with van der Waals surface area (Å²) in [6, 6.07) is 15.3. The second-order valence-corrected chi connectivity index (χ2v) is 6.12. The summed E-state index contributed by atoms with van der Waals surface area (Å²) in [5.74, 6) is -1.25. The molecule has 2 aromatic rings. The Kier molecular flexibility index (Phi) is 6.55. The molecule has 2 rings (SSSR count). The van der Waals surface area contributed by atoms with Gasteiger partial charge >= 0.3 is 5.97 Å². The normalized spacial score (nSPS) is 11.4. The van der Waals surface area contributed by atoms with Gasteiger partial charge in [-0.05, 0) is 41.8 Å². The number of hydrogen-bond acceptors (Lipinski definition) is 3. The smallest absolute Gasteiger partial charge is 0.305 e. The van der Waals surface area contributed by atoms with E-state index in [1.54, 1.807) is 48.5 Å². The van der Waals surface area contributed by atoms with Crippen LogP contribution in [0.5, 0.6) is 0 Å². The van der Waals surface area contributed by atoms with E-state index < -0.39 is 12.0 Å². The van der Waals surface area contributed by atoms with Crippen LogP contribution in [0.15, 0.2) is 48.5 Å². The lowest BCUT2D eigenvalue weighted by Gasteiger charge is -2.17. The maximum atomic E-state index is 12.2. The van der Waals surface area contributed by atoms with Gasteiger partial charge in [0.25, 0.3) is 0 Å². The molecule has 5 nitrogen and oxygen atoms in total. The number of aliphatic carboxylic acids is 1. The first-order valence-electron chi connectivity index (χ1n) is 7.71. The van der Waals surface area contributed by atoms with Gasteiger partial charge < -0.3 is 10.4 Å². The Morgan fingerprint density at radius 2 is 1.88 bits per heavy atom. The van der Waals surface area contributed by atoms with Gasteiger partial charge in [-0.1, -0.05) is 35.9 Å². The Morgan fingerprint density at radius 1 is 1.16 bits per heavy atom. The van der Waals surface area contributed by atoms with Crippen molar-refractivity contribution in [2.75, 3.05) is 0 Å². The number of carbonyl (C=O) groups excluding carboxylic acids is 1. The van der Waals surface area contributed by atoms with Gasteiger partial charge in [0, 0.05) is 11.1 Å². The summed E-state index contributed by atoms with van der Waals surface area (Å²) in [5, 5.41) is 21.2. The molecule has 0 unspecified atom stereocenters. The Bertz CT molecular complexity index is 797. The van der Waals surface area contributed by atoms with Gasteiger partial charge in [0.2, 0.25) is 5.91 Å². The molecule has 0 aromatic heterocycles. The van der Waals surface area contributed by atoms with Gasteiger partial charge in [-0.15, -0.1) is 0 Å². The minimum atomic E-state index is -0.985. The topological polar surface area (TPSA) is 90.2 Å². The zero-order valence-corrected chi connectivity index (χ0v) is 14.2. The SMILES string of the molecule is N#Cc1ccc(C[C@H](CC(=O)O)NC(=O)Cc2cccc(Cl)c2)cc1. The predicted octanol–water partition coefficient (Wildman–Crippen LogP) is 2.96. The average molecular weight is 357 g/mol. The first-order valence-corrected chi connectivity index (χ1v) is 8.08. The maximum absolute atomic E-state index is 12.2. The highest BCUT2D eigenvalue weighted by molar-refractivity contribution is 6.30. The molecule has 0 heterocycles. The van der Waals surface area contributed by atoms with Crippen LogP contribution < -0.4 is 5.32 Å². The highest BCUT2D eigenvalue weighted by atomic mass is 35.5. The Labute approximate surface area is 150 Å². The van der Waals surface area contributed by atoms with E-state index in [0.717, 1.165) is 11.1 Å². The highest BCUT2D eigenvalue weighted by Crippen LogP contribution is 2.12. The van der Waals surface area contributed by atoms with E-state index in [1.807, 2.05) is 6.07 Å². The largest absolute Gasteiger partial charge is 0.481 e. The van der Waals surface area contributed by atoms with Crippen LogP contribution in [-0.2, 0) is 22.4 Å². The Hall–Kier alpha value is -2.84. The van der Waals surface area contributed by atoms with Crippen molar-refractivity contribution < 1.29 is 14.7 Å². The van der Waals surface area contributed by atoms with Crippen molar-refractivity contribution in [3.63, 3.8) is 0 Å². The fourth-order valence-electron chi connectivity index (χ4n) is 2.50. The van der Waals surface area contributed by atoms with Gasteiger partial charge in [-0.3, -0.25) is 9.59 Å². The summed E-state index contributed by atoms with van der Waals surface area (Å²) in [6.07, 6.45) is 0.324. The third kappa shape index (κ3) is 6.28. The lowest BCUT2D eigenvalue weighted by atomic mass is 10.0. The molecule has 2 aromatic carbocycles. The molecule has 0 aliphatic carbocycles. The average Bonchev–Trinajstić information content (AvgIpc) is 2.54. The third-order valence-corrected chi connectivity index (χ3v) is 3.84. The van der Waals surface area contributed by atoms with Gasteiger partial charge in [-0.2, -0.15) is 5.26 Å². The maximum Gasteiger partial charge on any atom is 0.305 e. The first-order chi connectivity index (χ1) is 12.0. The van der Waals surface area contributed by atoms with Crippen molar-refractivity contribution in [1.29, 1.82) is 5.26 Å². The van der Waals surface area contributed by atoms with Gasteiger partial charge in [0.15, 0.2) is 0 Å². The van der Waals surface area contributed by atoms with Crippen LogP contribution in [-0.4, -0.2) is 23.0 Å². The fraction of sp³-hybridized carbons (Fsp3) is 0.211. The second-order valence-electron chi connectivity index (χ2n) is 5.68. The van der Waals surface area contributed by atoms with Crippen molar-refractivity contribution >= 4 is 23.5 Å². The van der Waals surface area contributed by atoms with Crippen LogP contribution >= 0.6 is 11.6 Å². The summed E-state index contributed by atoms with van der Waals surface area (Å²) >= 11 is 5.90. The molecular weight excluding hydrogens is 340 g/mol. The lowest BCUT2D eigenvalue weighted by Crippen LogP contribution is -2.38. The van der Waals surface area contributed by atoms with Crippen molar-refractivity contribution in [3.8, 4) is 6.07 Å². The van der Waals surface area contributed by atoms with Crippen LogP contribution in [0.1, 0.15) is 23.1 Å². The summed E-state index contributed by atoms with van der Waals surface area (Å²) in [4.78, 5) is 23.3. The van der Waals surface area contributed by atoms with Crippen LogP contribution in [0.2, 0.25) is 5.02 Å². The molecule has 0 fully saturated rings. The molecule has 0 saturated heterocycles. The summed E-state index contributed by atoms with van der Waals surface area (Å²) in [5.41, 5.74) is 2.15. The molecule has 1 atom stereocenters. The molecule has 0 saturated carbocycles. The molecule has 0 aliphatic heterocycles. The van der Waals surface area contributed by atoms with Crippen molar-refractivity contribution in [2.24, 2.45) is 0 Å². The summed E-state index contributed by atoms with van der Waals surface area (Å²) < 4.78 is 0. The molecule has 0 aliphatic rings. The van der Waals surface area contributed by atoms with Crippen molar-refractivity contribution in [2.45, 2.75) is 25.3 Å². The van der Waals surface area contributed by atoms with Crippen molar-refractivity contribution in [3.05, 3.63) is 70.2 Å². The molecule has 0 bridgehead atoms. The van der Waals surface area contributed by atoms with E-state index in [1.165, 1.54) is 0 Å². The minimum absolute atomic E-state index is 0.129. The summed E-state index contributed by atoms with van der Waals surface area (Å²) in [7, 11) is 0. The zero-order chi connectivity index (χ0) is 18.2. The molecule has 128 valence electrons. The third-order valence-electron chi connectivity index (χ3n) is 3.60. The monoisotopic (exact) mass is 356 g/mol. The van der Waals surface area contributed by atoms with Crippen molar-refractivity contribution in [1.82, 2.24) is 5.32 Å². The number of carboxylic acid groups (broad SMARTS) is 1. The molecule has 0 radical (unpaired) electrons. The van der Waals surface area contributed by atoms with E-state index in [2.05, 4.69) is 5.32 Å². The molecule has 1 amide bonds. The van der Waals surface area contributed by atoms with Crippen LogP contribution in [0.3, 0.4) is 0 Å². The lowest BCUT2D eigenvalue weighted by molar-refractivity contribution is -0.137. The number of hydrogen-bond donors (Lipinski definition) is 2. The van der Waals surface area contributed by atoms with Crippen LogP contribution in [0.25, 0.3) is 0 Å². The number of carbonyl (C=O) groups is 2. The fourth-order valence-corrected chi connectivity index (χ4v) is 2.71. The molecular formula is C19H17ClN2O3.